The Morgan fingerprint density at radius 3 is 2.54 bits per heavy atom. The zero-order valence-corrected chi connectivity index (χ0v) is 6.56. The number of nitrogens with two attached hydrogens (primary N) is 1. The first kappa shape index (κ1) is 12.1. The third-order valence-corrected chi connectivity index (χ3v) is 0.786. The zero-order valence-electron chi connectivity index (χ0n) is 6.56. The van der Waals surface area contributed by atoms with Crippen LogP contribution in [0.3, 0.4) is 0 Å². The lowest BCUT2D eigenvalue weighted by molar-refractivity contribution is -0.324. The maximum atomic E-state index is 11.3. The van der Waals surface area contributed by atoms with Crippen LogP contribution in [0.1, 0.15) is 0 Å². The number of carbonyl (C=O) groups is 1. The molecule has 8 heteroatoms. The summed E-state index contributed by atoms with van der Waals surface area (Å²) in [5, 5.41) is 0. The first-order chi connectivity index (χ1) is 5.92. The van der Waals surface area contributed by atoms with Gasteiger partial charge in [0.1, 0.15) is 6.61 Å². The molecule has 5 nitrogen and oxygen atoms in total. The average Bonchev–Trinajstić information content (AvgIpc) is 1.93. The summed E-state index contributed by atoms with van der Waals surface area (Å²) < 4.78 is 37.4. The van der Waals surface area contributed by atoms with Crippen molar-refractivity contribution in [1.29, 1.82) is 0 Å². The first-order valence-corrected chi connectivity index (χ1v) is 3.25. The van der Waals surface area contributed by atoms with Crippen molar-refractivity contribution >= 4 is 5.91 Å². The normalized spacial score (nSPS) is 11.6. The van der Waals surface area contributed by atoms with Crippen molar-refractivity contribution in [3.8, 4) is 0 Å². The smallest absolute Gasteiger partial charge is 0.368 e. The minimum atomic E-state index is -4.65. The molecular weight excluding hydrogens is 193 g/mol. The van der Waals surface area contributed by atoms with Gasteiger partial charge in [0.05, 0.1) is 6.61 Å². The molecule has 0 bridgehead atoms. The number of hydrogen-bond donors (Lipinski definition) is 2. The van der Waals surface area contributed by atoms with Crippen LogP contribution in [0.5, 0.6) is 0 Å². The predicted octanol–water partition coefficient (Wildman–Crippen LogP) is -0.471. The van der Waals surface area contributed by atoms with E-state index in [4.69, 9.17) is 0 Å². The van der Waals surface area contributed by atoms with Gasteiger partial charge in [0, 0.05) is 6.54 Å². The van der Waals surface area contributed by atoms with E-state index in [1.54, 1.807) is 0 Å². The van der Waals surface area contributed by atoms with Crippen molar-refractivity contribution in [3.63, 3.8) is 0 Å². The summed E-state index contributed by atoms with van der Waals surface area (Å²) in [5.41, 5.74) is 6.72. The number of hydrogen-bond acceptors (Lipinski definition) is 4. The summed E-state index contributed by atoms with van der Waals surface area (Å²) in [5.74, 6) is -0.718. The SMILES string of the molecule is NC(=O)CONCCOC(F)(F)F. The molecule has 0 aliphatic rings. The number of nitrogens with one attached hydrogen (secondary N) is 1. The Morgan fingerprint density at radius 2 is 2.08 bits per heavy atom. The molecule has 0 saturated heterocycles. The topological polar surface area (TPSA) is 73.6 Å². The molecule has 0 heterocycles. The molecule has 0 aliphatic carbocycles. The van der Waals surface area contributed by atoms with Gasteiger partial charge in [-0.1, -0.05) is 0 Å². The van der Waals surface area contributed by atoms with Gasteiger partial charge >= 0.3 is 6.36 Å². The number of ether oxygens (including phenoxy) is 1. The Kier molecular flexibility index (Phi) is 5.35. The molecule has 0 atom stereocenters. The molecule has 0 aromatic carbocycles. The summed E-state index contributed by atoms with van der Waals surface area (Å²) in [6.45, 7) is -1.18. The van der Waals surface area contributed by atoms with Gasteiger partial charge in [-0.3, -0.25) is 14.4 Å². The Balaban J connectivity index is 3.13. The Bertz CT molecular complexity index is 162. The number of amides is 1. The molecule has 78 valence electrons. The molecule has 0 spiro atoms. The molecule has 0 unspecified atom stereocenters. The van der Waals surface area contributed by atoms with E-state index in [1.807, 2.05) is 0 Å². The van der Waals surface area contributed by atoms with Crippen LogP contribution in [0, 0.1) is 0 Å². The van der Waals surface area contributed by atoms with Gasteiger partial charge in [0.15, 0.2) is 0 Å². The van der Waals surface area contributed by atoms with Crippen molar-refractivity contribution < 1.29 is 27.5 Å². The average molecular weight is 202 g/mol. The molecule has 1 amide bonds. The molecule has 13 heavy (non-hydrogen) atoms. The van der Waals surface area contributed by atoms with E-state index in [2.05, 4.69) is 20.8 Å². The third-order valence-electron chi connectivity index (χ3n) is 0.786. The standard InChI is InChI=1S/C5H9F3N2O3/c6-5(7,8)12-2-1-10-13-3-4(9)11/h10H,1-3H2,(H2,9,11). The van der Waals surface area contributed by atoms with E-state index in [1.165, 1.54) is 0 Å². The highest BCUT2D eigenvalue weighted by Crippen LogP contribution is 2.14. The van der Waals surface area contributed by atoms with E-state index in [0.717, 1.165) is 0 Å². The van der Waals surface area contributed by atoms with Crippen LogP contribution in [-0.2, 0) is 14.4 Å². The van der Waals surface area contributed by atoms with Gasteiger partial charge in [0.2, 0.25) is 5.91 Å². The van der Waals surface area contributed by atoms with Crippen molar-refractivity contribution in [2.75, 3.05) is 19.8 Å². The highest BCUT2D eigenvalue weighted by molar-refractivity contribution is 5.74. The lowest BCUT2D eigenvalue weighted by Gasteiger charge is -2.07. The van der Waals surface area contributed by atoms with Crippen LogP contribution in [-0.4, -0.2) is 32.0 Å². The second-order valence-electron chi connectivity index (χ2n) is 1.94. The number of alkyl halides is 3. The van der Waals surface area contributed by atoms with E-state index in [9.17, 15) is 18.0 Å². The molecule has 0 radical (unpaired) electrons. The van der Waals surface area contributed by atoms with Gasteiger partial charge in [-0.2, -0.15) is 5.48 Å². The molecular formula is C5H9F3N2O3. The molecule has 3 N–H and O–H groups in total. The Morgan fingerprint density at radius 1 is 1.46 bits per heavy atom. The van der Waals surface area contributed by atoms with E-state index < -0.39 is 25.5 Å². The fraction of sp³-hybridized carbons (Fsp3) is 0.800. The molecule has 0 aromatic rings. The van der Waals surface area contributed by atoms with Crippen LogP contribution < -0.4 is 11.2 Å². The van der Waals surface area contributed by atoms with Gasteiger partial charge in [-0.25, -0.2) is 0 Å². The van der Waals surface area contributed by atoms with Crippen molar-refractivity contribution in [3.05, 3.63) is 0 Å². The van der Waals surface area contributed by atoms with Crippen LogP contribution >= 0.6 is 0 Å². The summed E-state index contributed by atoms with van der Waals surface area (Å²) in [6, 6.07) is 0. The molecule has 0 aliphatic heterocycles. The van der Waals surface area contributed by atoms with Crippen molar-refractivity contribution in [1.82, 2.24) is 5.48 Å². The molecule has 0 aromatic heterocycles. The maximum absolute atomic E-state index is 11.3. The summed E-state index contributed by atoms with van der Waals surface area (Å²) in [7, 11) is 0. The highest BCUT2D eigenvalue weighted by Gasteiger charge is 2.28. The summed E-state index contributed by atoms with van der Waals surface area (Å²) >= 11 is 0. The first-order valence-electron chi connectivity index (χ1n) is 3.25. The summed E-state index contributed by atoms with van der Waals surface area (Å²) in [4.78, 5) is 14.4. The highest BCUT2D eigenvalue weighted by atomic mass is 19.4. The van der Waals surface area contributed by atoms with Gasteiger partial charge in [-0.05, 0) is 0 Å². The quantitative estimate of drug-likeness (QED) is 0.451. The van der Waals surface area contributed by atoms with Crippen LogP contribution in [0.25, 0.3) is 0 Å². The minimum absolute atomic E-state index is 0.188. The second-order valence-corrected chi connectivity index (χ2v) is 1.94. The van der Waals surface area contributed by atoms with Crippen LogP contribution in [0.2, 0.25) is 0 Å². The number of rotatable bonds is 6. The Labute approximate surface area is 71.9 Å². The van der Waals surface area contributed by atoms with Gasteiger partial charge in [-0.15, -0.1) is 13.2 Å². The largest absolute Gasteiger partial charge is 0.522 e. The monoisotopic (exact) mass is 202 g/mol. The number of halogens is 3. The molecule has 0 saturated carbocycles. The van der Waals surface area contributed by atoms with Gasteiger partial charge in [0.25, 0.3) is 0 Å². The predicted molar refractivity (Wildman–Crippen MR) is 35.2 cm³/mol. The molecule has 0 fully saturated rings. The molecule has 0 rings (SSSR count). The second kappa shape index (κ2) is 5.73. The Hall–Kier alpha value is -0.860. The van der Waals surface area contributed by atoms with Crippen LogP contribution in [0.15, 0.2) is 0 Å². The van der Waals surface area contributed by atoms with E-state index in [0.29, 0.717) is 0 Å². The fourth-order valence-electron chi connectivity index (χ4n) is 0.403. The van der Waals surface area contributed by atoms with E-state index in [-0.39, 0.29) is 6.54 Å². The lowest BCUT2D eigenvalue weighted by atomic mass is 10.7. The maximum Gasteiger partial charge on any atom is 0.522 e. The van der Waals surface area contributed by atoms with Gasteiger partial charge < -0.3 is 5.73 Å². The minimum Gasteiger partial charge on any atom is -0.368 e. The number of carbonyl (C=O) groups excluding carboxylic acids is 1. The van der Waals surface area contributed by atoms with Crippen LogP contribution in [0.4, 0.5) is 13.2 Å². The lowest BCUT2D eigenvalue weighted by Crippen LogP contribution is -2.28. The van der Waals surface area contributed by atoms with Crippen molar-refractivity contribution in [2.24, 2.45) is 5.73 Å². The summed E-state index contributed by atoms with van der Waals surface area (Å²) in [6.07, 6.45) is -4.65. The number of hydroxylamine groups is 1. The number of primary amides is 1. The van der Waals surface area contributed by atoms with Crippen molar-refractivity contribution in [2.45, 2.75) is 6.36 Å². The third kappa shape index (κ3) is 11.1. The zero-order chi connectivity index (χ0) is 10.3. The fourth-order valence-corrected chi connectivity index (χ4v) is 0.403. The van der Waals surface area contributed by atoms with E-state index >= 15 is 0 Å².